The molecule has 3 atom stereocenters. The molecule has 1 aliphatic rings. The van der Waals surface area contributed by atoms with Crippen molar-refractivity contribution >= 4 is 15.9 Å². The lowest BCUT2D eigenvalue weighted by Crippen LogP contribution is -2.31. The highest BCUT2D eigenvalue weighted by Crippen LogP contribution is 2.41. The summed E-state index contributed by atoms with van der Waals surface area (Å²) in [6, 6.07) is 0. The molecular weight excluding hydrogens is 245 g/mol. The van der Waals surface area contributed by atoms with Gasteiger partial charge in [-0.15, -0.1) is 0 Å². The molecule has 0 aromatic carbocycles. The lowest BCUT2D eigenvalue weighted by atomic mass is 9.80. The molecule has 1 rings (SSSR count). The summed E-state index contributed by atoms with van der Waals surface area (Å²) in [7, 11) is 0. The van der Waals surface area contributed by atoms with Crippen molar-refractivity contribution in [3.8, 4) is 0 Å². The molecule has 13 heavy (non-hydrogen) atoms. The van der Waals surface area contributed by atoms with Crippen LogP contribution in [0.5, 0.6) is 0 Å². The van der Waals surface area contributed by atoms with E-state index >= 15 is 0 Å². The highest BCUT2D eigenvalue weighted by molar-refractivity contribution is 9.09. The Hall–Kier alpha value is 0.270. The van der Waals surface area contributed by atoms with Crippen LogP contribution in [0.4, 0.5) is 13.2 Å². The molecule has 1 fully saturated rings. The van der Waals surface area contributed by atoms with Gasteiger partial charge in [-0.3, -0.25) is 0 Å². The van der Waals surface area contributed by atoms with E-state index < -0.39 is 12.1 Å². The monoisotopic (exact) mass is 258 g/mol. The van der Waals surface area contributed by atoms with Gasteiger partial charge in [-0.05, 0) is 25.2 Å². The minimum Gasteiger partial charge on any atom is -0.171 e. The van der Waals surface area contributed by atoms with Crippen LogP contribution in [0.1, 0.15) is 32.6 Å². The summed E-state index contributed by atoms with van der Waals surface area (Å²) < 4.78 is 37.1. The molecule has 0 saturated heterocycles. The SMILES string of the molecule is CC(Br)C1CCCC(C(F)(F)F)C1. The number of hydrogen-bond donors (Lipinski definition) is 0. The molecule has 0 bridgehead atoms. The second kappa shape index (κ2) is 4.20. The molecule has 0 heterocycles. The molecule has 0 N–H and O–H groups in total. The fraction of sp³-hybridized carbons (Fsp3) is 1.00. The Morgan fingerprint density at radius 1 is 1.31 bits per heavy atom. The lowest BCUT2D eigenvalue weighted by molar-refractivity contribution is -0.185. The predicted octanol–water partition coefficient (Wildman–Crippen LogP) is 4.14. The van der Waals surface area contributed by atoms with Crippen LogP contribution in [0.3, 0.4) is 0 Å². The van der Waals surface area contributed by atoms with Crippen molar-refractivity contribution in [2.45, 2.75) is 43.6 Å². The number of rotatable bonds is 1. The molecule has 0 aromatic rings. The van der Waals surface area contributed by atoms with E-state index in [-0.39, 0.29) is 10.7 Å². The molecule has 0 radical (unpaired) electrons. The van der Waals surface area contributed by atoms with Gasteiger partial charge in [0.15, 0.2) is 0 Å². The van der Waals surface area contributed by atoms with Crippen molar-refractivity contribution in [3.63, 3.8) is 0 Å². The molecule has 1 aliphatic carbocycles. The maximum atomic E-state index is 12.4. The highest BCUT2D eigenvalue weighted by atomic mass is 79.9. The summed E-state index contributed by atoms with van der Waals surface area (Å²) in [6.45, 7) is 1.93. The summed E-state index contributed by atoms with van der Waals surface area (Å²) in [5.41, 5.74) is 0. The molecule has 1 saturated carbocycles. The van der Waals surface area contributed by atoms with E-state index in [1.807, 2.05) is 6.92 Å². The third-order valence-corrected chi connectivity index (χ3v) is 3.57. The molecular formula is C9H14BrF3. The number of alkyl halides is 4. The first-order chi connectivity index (χ1) is 5.91. The van der Waals surface area contributed by atoms with Gasteiger partial charge in [-0.2, -0.15) is 13.2 Å². The lowest BCUT2D eigenvalue weighted by Gasteiger charge is -2.31. The van der Waals surface area contributed by atoms with Crippen molar-refractivity contribution < 1.29 is 13.2 Å². The van der Waals surface area contributed by atoms with E-state index in [9.17, 15) is 13.2 Å². The van der Waals surface area contributed by atoms with Gasteiger partial charge in [0.2, 0.25) is 0 Å². The molecule has 3 unspecified atom stereocenters. The number of hydrogen-bond acceptors (Lipinski definition) is 0. The average molecular weight is 259 g/mol. The van der Waals surface area contributed by atoms with Crippen LogP contribution in [0.15, 0.2) is 0 Å². The van der Waals surface area contributed by atoms with E-state index in [2.05, 4.69) is 15.9 Å². The van der Waals surface area contributed by atoms with E-state index in [4.69, 9.17) is 0 Å². The summed E-state index contributed by atoms with van der Waals surface area (Å²) in [6.07, 6.45) is -1.72. The topological polar surface area (TPSA) is 0 Å². The third-order valence-electron chi connectivity index (χ3n) is 2.83. The van der Waals surface area contributed by atoms with Gasteiger partial charge in [0.25, 0.3) is 0 Å². The Morgan fingerprint density at radius 2 is 1.92 bits per heavy atom. The van der Waals surface area contributed by atoms with Crippen molar-refractivity contribution in [2.75, 3.05) is 0 Å². The maximum absolute atomic E-state index is 12.4. The van der Waals surface area contributed by atoms with Crippen LogP contribution in [-0.2, 0) is 0 Å². The van der Waals surface area contributed by atoms with Crippen LogP contribution >= 0.6 is 15.9 Å². The van der Waals surface area contributed by atoms with Crippen LogP contribution in [0, 0.1) is 11.8 Å². The van der Waals surface area contributed by atoms with Crippen LogP contribution in [-0.4, -0.2) is 11.0 Å². The average Bonchev–Trinajstić information content (AvgIpc) is 2.03. The quantitative estimate of drug-likeness (QED) is 0.621. The molecule has 0 aliphatic heterocycles. The first kappa shape index (κ1) is 11.3. The summed E-state index contributed by atoms with van der Waals surface area (Å²) >= 11 is 3.36. The third kappa shape index (κ3) is 3.15. The van der Waals surface area contributed by atoms with Gasteiger partial charge in [-0.1, -0.05) is 29.3 Å². The van der Waals surface area contributed by atoms with Gasteiger partial charge < -0.3 is 0 Å². The summed E-state index contributed by atoms with van der Waals surface area (Å²) in [5.74, 6) is -0.869. The smallest absolute Gasteiger partial charge is 0.171 e. The fourth-order valence-corrected chi connectivity index (χ4v) is 2.42. The second-order valence-electron chi connectivity index (χ2n) is 3.84. The largest absolute Gasteiger partial charge is 0.391 e. The van der Waals surface area contributed by atoms with E-state index in [1.54, 1.807) is 0 Å². The van der Waals surface area contributed by atoms with Gasteiger partial charge >= 0.3 is 6.18 Å². The maximum Gasteiger partial charge on any atom is 0.391 e. The van der Waals surface area contributed by atoms with Crippen LogP contribution in [0.25, 0.3) is 0 Å². The zero-order chi connectivity index (χ0) is 10.1. The first-order valence-corrected chi connectivity index (χ1v) is 5.53. The Kier molecular flexibility index (Phi) is 3.66. The molecule has 4 heteroatoms. The molecule has 0 amide bonds. The Morgan fingerprint density at radius 3 is 2.38 bits per heavy atom. The van der Waals surface area contributed by atoms with Crippen molar-refractivity contribution in [2.24, 2.45) is 11.8 Å². The Labute approximate surface area is 85.0 Å². The van der Waals surface area contributed by atoms with E-state index in [0.717, 1.165) is 6.42 Å². The van der Waals surface area contributed by atoms with Crippen molar-refractivity contribution in [3.05, 3.63) is 0 Å². The van der Waals surface area contributed by atoms with Gasteiger partial charge in [0.1, 0.15) is 0 Å². The molecule has 0 nitrogen and oxygen atoms in total. The van der Waals surface area contributed by atoms with Gasteiger partial charge in [0, 0.05) is 4.83 Å². The van der Waals surface area contributed by atoms with Gasteiger partial charge in [-0.25, -0.2) is 0 Å². The zero-order valence-electron chi connectivity index (χ0n) is 7.57. The second-order valence-corrected chi connectivity index (χ2v) is 5.29. The van der Waals surface area contributed by atoms with Crippen LogP contribution < -0.4 is 0 Å². The minimum atomic E-state index is -3.99. The molecule has 0 aromatic heterocycles. The molecule has 78 valence electrons. The predicted molar refractivity (Wildman–Crippen MR) is 49.9 cm³/mol. The Balaban J connectivity index is 2.52. The van der Waals surface area contributed by atoms with E-state index in [0.29, 0.717) is 19.3 Å². The molecule has 0 spiro atoms. The summed E-state index contributed by atoms with van der Waals surface area (Å²) in [4.78, 5) is 0.206. The van der Waals surface area contributed by atoms with Crippen molar-refractivity contribution in [1.29, 1.82) is 0 Å². The standard InChI is InChI=1S/C9H14BrF3/c1-6(10)7-3-2-4-8(5-7)9(11,12)13/h6-8H,2-5H2,1H3. The highest BCUT2D eigenvalue weighted by Gasteiger charge is 2.42. The normalized spacial score (nSPS) is 33.0. The summed E-state index contributed by atoms with van der Waals surface area (Å²) in [5, 5.41) is 0. The van der Waals surface area contributed by atoms with E-state index in [1.165, 1.54) is 0 Å². The fourth-order valence-electron chi connectivity index (χ4n) is 1.94. The minimum absolute atomic E-state index is 0.195. The number of halogens is 4. The first-order valence-electron chi connectivity index (χ1n) is 4.62. The van der Waals surface area contributed by atoms with Crippen molar-refractivity contribution in [1.82, 2.24) is 0 Å². The Bertz CT molecular complexity index is 165. The zero-order valence-corrected chi connectivity index (χ0v) is 9.16. The van der Waals surface area contributed by atoms with Crippen LogP contribution in [0.2, 0.25) is 0 Å². The van der Waals surface area contributed by atoms with Gasteiger partial charge in [0.05, 0.1) is 5.92 Å².